The number of carbonyl (C=O) groups is 2. The average Bonchev–Trinajstić information content (AvgIpc) is 2.63. The van der Waals surface area contributed by atoms with Gasteiger partial charge in [-0.3, -0.25) is 14.5 Å². The van der Waals surface area contributed by atoms with E-state index in [9.17, 15) is 14.0 Å². The lowest BCUT2D eigenvalue weighted by atomic mass is 10.1. The average molecular weight is 377 g/mol. The Hall–Kier alpha value is -2.60. The van der Waals surface area contributed by atoms with Crippen molar-refractivity contribution < 1.29 is 18.7 Å². The minimum atomic E-state index is -0.607. The summed E-state index contributed by atoms with van der Waals surface area (Å²) >= 11 is 5.96. The molecule has 7 heteroatoms. The largest absolute Gasteiger partial charge is 0.478 e. The maximum absolute atomic E-state index is 13.1. The summed E-state index contributed by atoms with van der Waals surface area (Å²) in [6, 6.07) is 11.1. The van der Waals surface area contributed by atoms with E-state index in [1.807, 2.05) is 13.0 Å². The van der Waals surface area contributed by atoms with E-state index in [-0.39, 0.29) is 29.9 Å². The van der Waals surface area contributed by atoms with Crippen LogP contribution in [0.2, 0.25) is 5.02 Å². The number of hydrogen-bond acceptors (Lipinski definition) is 3. The van der Waals surface area contributed by atoms with Gasteiger partial charge >= 0.3 is 0 Å². The number of halogens is 2. The van der Waals surface area contributed by atoms with Crippen molar-refractivity contribution in [3.8, 4) is 5.75 Å². The van der Waals surface area contributed by atoms with Crippen LogP contribution >= 0.6 is 11.6 Å². The first-order valence-electron chi connectivity index (χ1n) is 8.27. The Morgan fingerprint density at radius 2 is 2.08 bits per heavy atom. The van der Waals surface area contributed by atoms with E-state index in [2.05, 4.69) is 5.32 Å². The zero-order valence-electron chi connectivity index (χ0n) is 14.2. The van der Waals surface area contributed by atoms with E-state index >= 15 is 0 Å². The standard InChI is InChI=1S/C19H18ClFN2O3/c1-2-16-19(25)23(15-5-3-4-6-17(15)26-16)11-18(24)22-10-12-7-8-13(21)9-14(12)20/h3-9,16H,2,10-11H2,1H3,(H,22,24)/t16-/m1/s1. The molecule has 1 N–H and O–H groups in total. The van der Waals surface area contributed by atoms with Crippen LogP contribution < -0.4 is 15.0 Å². The highest BCUT2D eigenvalue weighted by atomic mass is 35.5. The molecule has 0 aromatic heterocycles. The third-order valence-corrected chi connectivity index (χ3v) is 4.48. The van der Waals surface area contributed by atoms with Crippen LogP contribution in [-0.4, -0.2) is 24.5 Å². The molecule has 1 aliphatic rings. The van der Waals surface area contributed by atoms with Crippen molar-refractivity contribution in [3.63, 3.8) is 0 Å². The van der Waals surface area contributed by atoms with Crippen LogP contribution in [0.1, 0.15) is 18.9 Å². The molecule has 0 fully saturated rings. The third-order valence-electron chi connectivity index (χ3n) is 4.13. The number of fused-ring (bicyclic) bond motifs is 1. The number of rotatable bonds is 5. The highest BCUT2D eigenvalue weighted by molar-refractivity contribution is 6.31. The molecule has 1 atom stereocenters. The van der Waals surface area contributed by atoms with E-state index in [1.165, 1.54) is 23.1 Å². The number of amides is 2. The van der Waals surface area contributed by atoms with Crippen molar-refractivity contribution in [2.45, 2.75) is 26.0 Å². The van der Waals surface area contributed by atoms with Gasteiger partial charge in [0.25, 0.3) is 5.91 Å². The Labute approximate surface area is 155 Å². The second-order valence-electron chi connectivity index (χ2n) is 5.92. The zero-order valence-corrected chi connectivity index (χ0v) is 14.9. The second kappa shape index (κ2) is 7.74. The molecule has 5 nitrogen and oxygen atoms in total. The molecule has 0 saturated carbocycles. The lowest BCUT2D eigenvalue weighted by molar-refractivity contribution is -0.129. The summed E-state index contributed by atoms with van der Waals surface area (Å²) in [6.07, 6.45) is -0.0968. The van der Waals surface area contributed by atoms with Gasteiger partial charge in [-0.1, -0.05) is 36.7 Å². The van der Waals surface area contributed by atoms with Crippen LogP contribution in [-0.2, 0) is 16.1 Å². The number of nitrogens with zero attached hydrogens (tertiary/aromatic N) is 1. The van der Waals surface area contributed by atoms with E-state index < -0.39 is 11.9 Å². The molecule has 0 saturated heterocycles. The maximum Gasteiger partial charge on any atom is 0.268 e. The first kappa shape index (κ1) is 18.2. The van der Waals surface area contributed by atoms with Gasteiger partial charge < -0.3 is 10.1 Å². The fourth-order valence-electron chi connectivity index (χ4n) is 2.76. The van der Waals surface area contributed by atoms with Gasteiger partial charge in [0, 0.05) is 11.6 Å². The number of carbonyl (C=O) groups excluding carboxylic acids is 2. The van der Waals surface area contributed by atoms with Crippen LogP contribution in [0.25, 0.3) is 0 Å². The van der Waals surface area contributed by atoms with Crippen LogP contribution in [0.15, 0.2) is 42.5 Å². The molecule has 2 aromatic carbocycles. The van der Waals surface area contributed by atoms with Crippen LogP contribution in [0.5, 0.6) is 5.75 Å². The second-order valence-corrected chi connectivity index (χ2v) is 6.33. The number of ether oxygens (including phenoxy) is 1. The Balaban J connectivity index is 1.70. The van der Waals surface area contributed by atoms with E-state index in [0.29, 0.717) is 23.4 Å². The number of para-hydroxylation sites is 2. The SMILES string of the molecule is CC[C@H]1Oc2ccccc2N(CC(=O)NCc2ccc(F)cc2Cl)C1=O. The number of benzene rings is 2. The fraction of sp³-hybridized carbons (Fsp3) is 0.263. The molecule has 0 bridgehead atoms. The van der Waals surface area contributed by atoms with Crippen LogP contribution in [0, 0.1) is 5.82 Å². The lowest BCUT2D eigenvalue weighted by Crippen LogP contribution is -2.49. The van der Waals surface area contributed by atoms with Crippen molar-refractivity contribution in [2.75, 3.05) is 11.4 Å². The minimum Gasteiger partial charge on any atom is -0.478 e. The van der Waals surface area contributed by atoms with E-state index in [4.69, 9.17) is 16.3 Å². The Kier molecular flexibility index (Phi) is 5.42. The summed E-state index contributed by atoms with van der Waals surface area (Å²) < 4.78 is 18.8. The molecular formula is C19H18ClFN2O3. The molecular weight excluding hydrogens is 359 g/mol. The highest BCUT2D eigenvalue weighted by Gasteiger charge is 2.34. The van der Waals surface area contributed by atoms with E-state index in [0.717, 1.165) is 0 Å². The molecule has 136 valence electrons. The zero-order chi connectivity index (χ0) is 18.7. The molecule has 2 amide bonds. The van der Waals surface area contributed by atoms with Gasteiger partial charge in [-0.15, -0.1) is 0 Å². The van der Waals surface area contributed by atoms with Crippen LogP contribution in [0.4, 0.5) is 10.1 Å². The summed E-state index contributed by atoms with van der Waals surface area (Å²) in [5.74, 6) is -0.453. The normalized spacial score (nSPS) is 16.0. The van der Waals surface area contributed by atoms with Crippen molar-refractivity contribution in [2.24, 2.45) is 0 Å². The fourth-order valence-corrected chi connectivity index (χ4v) is 2.99. The third kappa shape index (κ3) is 3.80. The molecule has 1 aliphatic heterocycles. The maximum atomic E-state index is 13.1. The quantitative estimate of drug-likeness (QED) is 0.871. The van der Waals surface area contributed by atoms with Crippen LogP contribution in [0.3, 0.4) is 0 Å². The molecule has 0 spiro atoms. The molecule has 0 unspecified atom stereocenters. The van der Waals surface area contributed by atoms with Crippen molar-refractivity contribution in [3.05, 3.63) is 58.9 Å². The predicted molar refractivity (Wildman–Crippen MR) is 96.8 cm³/mol. The molecule has 0 aliphatic carbocycles. The van der Waals surface area contributed by atoms with Gasteiger partial charge in [0.2, 0.25) is 5.91 Å². The topological polar surface area (TPSA) is 58.6 Å². The van der Waals surface area contributed by atoms with E-state index in [1.54, 1.807) is 18.2 Å². The smallest absolute Gasteiger partial charge is 0.268 e. The summed E-state index contributed by atoms with van der Waals surface area (Å²) in [6.45, 7) is 1.87. The number of hydrogen-bond donors (Lipinski definition) is 1. The van der Waals surface area contributed by atoms with Gasteiger partial charge in [0.05, 0.1) is 5.69 Å². The first-order valence-corrected chi connectivity index (χ1v) is 8.65. The van der Waals surface area contributed by atoms with Gasteiger partial charge in [0.1, 0.15) is 18.1 Å². The monoisotopic (exact) mass is 376 g/mol. The number of nitrogens with one attached hydrogen (secondary N) is 1. The Bertz CT molecular complexity index is 843. The first-order chi connectivity index (χ1) is 12.5. The molecule has 3 rings (SSSR count). The summed E-state index contributed by atoms with van der Waals surface area (Å²) in [5.41, 5.74) is 1.17. The van der Waals surface area contributed by atoms with Gasteiger partial charge in [0.15, 0.2) is 6.10 Å². The highest BCUT2D eigenvalue weighted by Crippen LogP contribution is 2.34. The molecule has 2 aromatic rings. The summed E-state index contributed by atoms with van der Waals surface area (Å²) in [5, 5.41) is 2.95. The summed E-state index contributed by atoms with van der Waals surface area (Å²) in [4.78, 5) is 26.4. The van der Waals surface area contributed by atoms with Gasteiger partial charge in [-0.05, 0) is 36.2 Å². The van der Waals surface area contributed by atoms with Crippen molar-refractivity contribution >= 4 is 29.1 Å². The van der Waals surface area contributed by atoms with Crippen molar-refractivity contribution in [1.29, 1.82) is 0 Å². The predicted octanol–water partition coefficient (Wildman–Crippen LogP) is 3.30. The van der Waals surface area contributed by atoms with Crippen molar-refractivity contribution in [1.82, 2.24) is 5.32 Å². The number of anilines is 1. The Morgan fingerprint density at radius 1 is 1.31 bits per heavy atom. The molecule has 26 heavy (non-hydrogen) atoms. The lowest BCUT2D eigenvalue weighted by Gasteiger charge is -2.33. The summed E-state index contributed by atoms with van der Waals surface area (Å²) in [7, 11) is 0. The Morgan fingerprint density at radius 3 is 2.81 bits per heavy atom. The molecule has 0 radical (unpaired) electrons. The molecule has 1 heterocycles. The minimum absolute atomic E-state index is 0.130. The van der Waals surface area contributed by atoms with Gasteiger partial charge in [-0.25, -0.2) is 4.39 Å². The van der Waals surface area contributed by atoms with Gasteiger partial charge in [-0.2, -0.15) is 0 Å².